The molecule has 0 N–H and O–H groups in total. The minimum absolute atomic E-state index is 0.132. The number of hydrogen-bond acceptors (Lipinski definition) is 2. The van der Waals surface area contributed by atoms with Gasteiger partial charge in [0, 0.05) is 16.6 Å². The van der Waals surface area contributed by atoms with Crippen molar-refractivity contribution in [1.29, 1.82) is 0 Å². The fourth-order valence-electron chi connectivity index (χ4n) is 3.83. The summed E-state index contributed by atoms with van der Waals surface area (Å²) in [6, 6.07) is 23.2. The molecule has 4 amide bonds. The number of anilines is 1. The number of rotatable bonds is 5. The van der Waals surface area contributed by atoms with Gasteiger partial charge in [0.2, 0.25) is 0 Å². The maximum Gasteiger partial charge on any atom is 0.334 e. The van der Waals surface area contributed by atoms with Crippen LogP contribution in [0, 0.1) is 0 Å². The van der Waals surface area contributed by atoms with Crippen LogP contribution in [0.25, 0.3) is 0 Å². The zero-order valence-corrected chi connectivity index (χ0v) is 19.3. The van der Waals surface area contributed by atoms with Crippen LogP contribution in [0.4, 0.5) is 15.3 Å². The van der Waals surface area contributed by atoms with Gasteiger partial charge < -0.3 is 4.90 Å². The van der Waals surface area contributed by atoms with Gasteiger partial charge in [0.1, 0.15) is 6.67 Å². The number of imide groups is 1. The van der Waals surface area contributed by atoms with Crippen molar-refractivity contribution in [3.63, 3.8) is 0 Å². The van der Waals surface area contributed by atoms with Gasteiger partial charge in [0.15, 0.2) is 0 Å². The number of benzene rings is 3. The van der Waals surface area contributed by atoms with Crippen molar-refractivity contribution < 1.29 is 9.59 Å². The lowest BCUT2D eigenvalue weighted by atomic mass is 9.92. The number of hydrogen-bond donors (Lipinski definition) is 0. The topological polar surface area (TPSA) is 43.9 Å². The lowest BCUT2D eigenvalue weighted by molar-refractivity contribution is 0.0728. The van der Waals surface area contributed by atoms with Gasteiger partial charge in [-0.2, -0.15) is 0 Å². The second-order valence-corrected chi connectivity index (χ2v) is 9.08. The summed E-state index contributed by atoms with van der Waals surface area (Å²) in [5, 5.41) is 0.976. The van der Waals surface area contributed by atoms with Gasteiger partial charge in [-0.1, -0.05) is 71.7 Å². The van der Waals surface area contributed by atoms with Crippen LogP contribution in [-0.4, -0.2) is 28.5 Å². The van der Waals surface area contributed by atoms with Crippen LogP contribution in [-0.2, 0) is 12.1 Å². The van der Waals surface area contributed by atoms with E-state index in [4.69, 9.17) is 23.2 Å². The van der Waals surface area contributed by atoms with Gasteiger partial charge in [-0.15, -0.1) is 0 Å². The molecule has 5 nitrogen and oxygen atoms in total. The molecule has 1 heterocycles. The maximum atomic E-state index is 13.7. The molecule has 3 aromatic carbocycles. The van der Waals surface area contributed by atoms with E-state index in [0.29, 0.717) is 22.3 Å². The fraction of sp³-hybridized carbons (Fsp3) is 0.200. The summed E-state index contributed by atoms with van der Waals surface area (Å²) in [5.41, 5.74) is 1.50. The molecule has 1 aliphatic heterocycles. The molecule has 0 radical (unpaired) electrons. The van der Waals surface area contributed by atoms with E-state index in [0.717, 1.165) is 11.1 Å². The van der Waals surface area contributed by atoms with Crippen molar-refractivity contribution in [3.05, 3.63) is 100 Å². The molecule has 164 valence electrons. The summed E-state index contributed by atoms with van der Waals surface area (Å²) in [6.45, 7) is 4.35. The molecule has 32 heavy (non-hydrogen) atoms. The van der Waals surface area contributed by atoms with Gasteiger partial charge in [0.05, 0.1) is 11.2 Å². The van der Waals surface area contributed by atoms with E-state index in [-0.39, 0.29) is 12.7 Å². The summed E-state index contributed by atoms with van der Waals surface area (Å²) in [5.74, 6) is 0. The number of nitrogens with zero attached hydrogens (tertiary/aromatic N) is 3. The maximum absolute atomic E-state index is 13.7. The third-order valence-electron chi connectivity index (χ3n) is 5.67. The highest BCUT2D eigenvalue weighted by Crippen LogP contribution is 2.36. The quantitative estimate of drug-likeness (QED) is 0.416. The molecule has 0 spiro atoms. The normalized spacial score (nSPS) is 14.8. The Morgan fingerprint density at radius 1 is 0.812 bits per heavy atom. The standard InChI is InChI=1S/C25H23Cl2N3O2/c1-25(2,19-13-20(26)15-21(27)14-19)29-17-28(16-18-9-5-3-6-10-18)23(31)30(24(29)32)22-11-7-4-8-12-22/h3-15H,16-17H2,1-2H3. The Labute approximate surface area is 197 Å². The predicted octanol–water partition coefficient (Wildman–Crippen LogP) is 6.75. The minimum Gasteiger partial charge on any atom is -0.302 e. The second-order valence-electron chi connectivity index (χ2n) is 8.21. The largest absolute Gasteiger partial charge is 0.334 e. The van der Waals surface area contributed by atoms with Crippen LogP contribution < -0.4 is 4.90 Å². The fourth-order valence-corrected chi connectivity index (χ4v) is 4.36. The smallest absolute Gasteiger partial charge is 0.302 e. The van der Waals surface area contributed by atoms with Gasteiger partial charge in [-0.05, 0) is 55.3 Å². The van der Waals surface area contributed by atoms with Crippen LogP contribution in [0.1, 0.15) is 25.0 Å². The summed E-state index contributed by atoms with van der Waals surface area (Å²) in [4.78, 5) is 31.6. The van der Waals surface area contributed by atoms with Crippen LogP contribution >= 0.6 is 23.2 Å². The first-order valence-corrected chi connectivity index (χ1v) is 11.0. The Morgan fingerprint density at radius 2 is 1.38 bits per heavy atom. The van der Waals surface area contributed by atoms with E-state index in [1.165, 1.54) is 4.90 Å². The number of urea groups is 2. The SMILES string of the molecule is CC(C)(c1cc(Cl)cc(Cl)c1)N1CN(Cc2ccccc2)C(=O)N(c2ccccc2)C1=O. The van der Waals surface area contributed by atoms with Gasteiger partial charge >= 0.3 is 12.1 Å². The molecular formula is C25H23Cl2N3O2. The van der Waals surface area contributed by atoms with E-state index in [2.05, 4.69) is 0 Å². The first kappa shape index (κ1) is 22.2. The van der Waals surface area contributed by atoms with Crippen molar-refractivity contribution in [2.45, 2.75) is 25.9 Å². The summed E-state index contributed by atoms with van der Waals surface area (Å²) in [6.07, 6.45) is 0. The first-order valence-electron chi connectivity index (χ1n) is 10.2. The van der Waals surface area contributed by atoms with Gasteiger partial charge in [-0.3, -0.25) is 4.90 Å². The Bertz CT molecular complexity index is 1120. The number of carbonyl (C=O) groups excluding carboxylic acids is 2. The molecule has 4 rings (SSSR count). The average Bonchev–Trinajstić information content (AvgIpc) is 2.76. The summed E-state index contributed by atoms with van der Waals surface area (Å²) in [7, 11) is 0. The lowest BCUT2D eigenvalue weighted by Crippen LogP contribution is -2.65. The van der Waals surface area contributed by atoms with Crippen LogP contribution in [0.3, 0.4) is 0 Å². The highest BCUT2D eigenvalue weighted by Gasteiger charge is 2.44. The third-order valence-corrected chi connectivity index (χ3v) is 6.11. The molecule has 0 unspecified atom stereocenters. The molecule has 1 fully saturated rings. The van der Waals surface area contributed by atoms with E-state index >= 15 is 0 Å². The minimum atomic E-state index is -0.783. The zero-order valence-electron chi connectivity index (χ0n) is 17.8. The zero-order chi connectivity index (χ0) is 22.9. The number of para-hydroxylation sites is 1. The van der Waals surface area contributed by atoms with Crippen molar-refractivity contribution in [2.24, 2.45) is 0 Å². The van der Waals surface area contributed by atoms with Crippen LogP contribution in [0.15, 0.2) is 78.9 Å². The Hall–Kier alpha value is -3.02. The predicted molar refractivity (Wildman–Crippen MR) is 128 cm³/mol. The van der Waals surface area contributed by atoms with Crippen molar-refractivity contribution in [3.8, 4) is 0 Å². The molecule has 7 heteroatoms. The van der Waals surface area contributed by atoms with Crippen LogP contribution in [0.5, 0.6) is 0 Å². The van der Waals surface area contributed by atoms with Crippen molar-refractivity contribution >= 4 is 41.0 Å². The third kappa shape index (κ3) is 4.31. The number of halogens is 2. The highest BCUT2D eigenvalue weighted by molar-refractivity contribution is 6.34. The van der Waals surface area contributed by atoms with E-state index in [1.807, 2.05) is 50.2 Å². The van der Waals surface area contributed by atoms with Gasteiger partial charge in [-0.25, -0.2) is 14.5 Å². The molecule has 3 aromatic rings. The second kappa shape index (κ2) is 8.85. The van der Waals surface area contributed by atoms with Crippen molar-refractivity contribution in [1.82, 2.24) is 9.80 Å². The van der Waals surface area contributed by atoms with E-state index in [9.17, 15) is 9.59 Å². The molecule has 1 aliphatic rings. The van der Waals surface area contributed by atoms with Crippen LogP contribution in [0.2, 0.25) is 10.0 Å². The summed E-state index contributed by atoms with van der Waals surface area (Å²) >= 11 is 12.5. The Morgan fingerprint density at radius 3 is 1.97 bits per heavy atom. The molecular weight excluding hydrogens is 445 g/mol. The lowest BCUT2D eigenvalue weighted by Gasteiger charge is -2.48. The summed E-state index contributed by atoms with van der Waals surface area (Å²) < 4.78 is 0. The highest BCUT2D eigenvalue weighted by atomic mass is 35.5. The van der Waals surface area contributed by atoms with Crippen molar-refractivity contribution in [2.75, 3.05) is 11.6 Å². The van der Waals surface area contributed by atoms with E-state index in [1.54, 1.807) is 52.3 Å². The molecule has 0 aromatic heterocycles. The van der Waals surface area contributed by atoms with E-state index < -0.39 is 11.6 Å². The first-order chi connectivity index (χ1) is 15.3. The Balaban J connectivity index is 1.76. The molecule has 0 bridgehead atoms. The number of amides is 4. The molecule has 0 atom stereocenters. The molecule has 0 aliphatic carbocycles. The molecule has 0 saturated carbocycles. The molecule has 1 saturated heterocycles. The van der Waals surface area contributed by atoms with Gasteiger partial charge in [0.25, 0.3) is 0 Å². The average molecular weight is 468 g/mol. The number of carbonyl (C=O) groups is 2. The monoisotopic (exact) mass is 467 g/mol. The Kier molecular flexibility index (Phi) is 6.13.